The van der Waals surface area contributed by atoms with E-state index in [-0.39, 0.29) is 11.8 Å². The molecule has 0 atom stereocenters. The van der Waals surface area contributed by atoms with Crippen molar-refractivity contribution in [2.24, 2.45) is 0 Å². The minimum Gasteiger partial charge on any atom is -0.485 e. The van der Waals surface area contributed by atoms with Crippen LogP contribution in [0.15, 0.2) is 35.7 Å². The number of fused-ring (bicyclic) bond motifs is 2. The fourth-order valence-corrected chi connectivity index (χ4v) is 4.99. The van der Waals surface area contributed by atoms with Crippen molar-refractivity contribution < 1.29 is 19.1 Å². The summed E-state index contributed by atoms with van der Waals surface area (Å²) in [6.45, 7) is 2.39. The standard InChI is InChI=1S/C23H24N4O4S/c1-25(2)22(28)19-16-13-26(23(29)21-20-18(14-32-21)30-10-11-31-20)9-8-17(16)27(24-19)12-15-6-4-3-5-7-15/h3-7,14H,8-13H2,1-2H3. The van der Waals surface area contributed by atoms with Crippen molar-refractivity contribution in [2.75, 3.05) is 33.9 Å². The molecule has 0 bridgehead atoms. The molecule has 4 heterocycles. The Morgan fingerprint density at radius 1 is 1.16 bits per heavy atom. The first-order chi connectivity index (χ1) is 15.5. The van der Waals surface area contributed by atoms with Crippen molar-refractivity contribution in [3.05, 3.63) is 63.1 Å². The SMILES string of the molecule is CN(C)C(=O)c1nn(Cc2ccccc2)c2c1CN(C(=O)c1scc3c1OCCO3)CC2. The normalized spacial score (nSPS) is 14.8. The van der Waals surface area contributed by atoms with Crippen molar-refractivity contribution >= 4 is 23.2 Å². The van der Waals surface area contributed by atoms with Crippen LogP contribution in [-0.2, 0) is 19.5 Å². The molecule has 0 unspecified atom stereocenters. The van der Waals surface area contributed by atoms with Gasteiger partial charge in [-0.1, -0.05) is 30.3 Å². The predicted octanol–water partition coefficient (Wildman–Crippen LogP) is 2.66. The molecule has 5 rings (SSSR count). The molecule has 9 heteroatoms. The molecule has 0 fully saturated rings. The maximum Gasteiger partial charge on any atom is 0.274 e. The molecular weight excluding hydrogens is 428 g/mol. The third-order valence-corrected chi connectivity index (χ3v) is 6.63. The zero-order valence-corrected chi connectivity index (χ0v) is 18.9. The highest BCUT2D eigenvalue weighted by Crippen LogP contribution is 2.40. The topological polar surface area (TPSA) is 76.9 Å². The van der Waals surface area contributed by atoms with Crippen molar-refractivity contribution in [1.82, 2.24) is 19.6 Å². The number of benzene rings is 1. The Balaban J connectivity index is 1.46. The molecule has 32 heavy (non-hydrogen) atoms. The monoisotopic (exact) mass is 452 g/mol. The molecule has 0 aliphatic carbocycles. The molecule has 166 valence electrons. The molecule has 8 nitrogen and oxygen atoms in total. The number of rotatable bonds is 4. The number of hydrogen-bond acceptors (Lipinski definition) is 6. The molecule has 0 saturated heterocycles. The van der Waals surface area contributed by atoms with E-state index in [1.165, 1.54) is 16.2 Å². The highest BCUT2D eigenvalue weighted by Gasteiger charge is 2.33. The van der Waals surface area contributed by atoms with Gasteiger partial charge in [0, 0.05) is 43.7 Å². The molecule has 1 aromatic carbocycles. The number of carbonyl (C=O) groups is 2. The van der Waals surface area contributed by atoms with Crippen molar-refractivity contribution in [1.29, 1.82) is 0 Å². The van der Waals surface area contributed by atoms with Gasteiger partial charge in [-0.25, -0.2) is 0 Å². The Labute approximate surface area is 190 Å². The smallest absolute Gasteiger partial charge is 0.274 e. The largest absolute Gasteiger partial charge is 0.485 e. The van der Waals surface area contributed by atoms with Gasteiger partial charge in [-0.05, 0) is 5.56 Å². The lowest BCUT2D eigenvalue weighted by atomic mass is 10.0. The van der Waals surface area contributed by atoms with Crippen LogP contribution in [0.5, 0.6) is 11.5 Å². The lowest BCUT2D eigenvalue weighted by Gasteiger charge is -2.28. The van der Waals surface area contributed by atoms with E-state index in [9.17, 15) is 9.59 Å². The summed E-state index contributed by atoms with van der Waals surface area (Å²) in [7, 11) is 3.43. The number of nitrogens with zero attached hydrogens (tertiary/aromatic N) is 4. The van der Waals surface area contributed by atoms with Crippen LogP contribution in [0.4, 0.5) is 0 Å². The molecule has 0 spiro atoms. The van der Waals surface area contributed by atoms with Crippen molar-refractivity contribution in [2.45, 2.75) is 19.5 Å². The number of amides is 2. The van der Waals surface area contributed by atoms with Gasteiger partial charge in [-0.15, -0.1) is 11.3 Å². The fourth-order valence-electron chi connectivity index (χ4n) is 4.09. The Morgan fingerprint density at radius 2 is 1.94 bits per heavy atom. The number of aromatic nitrogens is 2. The Kier molecular flexibility index (Phi) is 5.34. The van der Waals surface area contributed by atoms with E-state index in [1.54, 1.807) is 19.0 Å². The summed E-state index contributed by atoms with van der Waals surface area (Å²) >= 11 is 1.33. The van der Waals surface area contributed by atoms with Crippen LogP contribution in [-0.4, -0.2) is 65.2 Å². The Bertz CT molecular complexity index is 1170. The van der Waals surface area contributed by atoms with Gasteiger partial charge in [0.25, 0.3) is 11.8 Å². The molecular formula is C23H24N4O4S. The second kappa shape index (κ2) is 8.31. The van der Waals surface area contributed by atoms with Crippen molar-refractivity contribution in [3.63, 3.8) is 0 Å². The predicted molar refractivity (Wildman–Crippen MR) is 120 cm³/mol. The van der Waals surface area contributed by atoms with Gasteiger partial charge in [0.05, 0.1) is 13.1 Å². The third kappa shape index (κ3) is 3.62. The van der Waals surface area contributed by atoms with Crippen LogP contribution in [0, 0.1) is 0 Å². The summed E-state index contributed by atoms with van der Waals surface area (Å²) in [5, 5.41) is 6.50. The van der Waals surface area contributed by atoms with Crippen LogP contribution in [0.3, 0.4) is 0 Å². The fraction of sp³-hybridized carbons (Fsp3) is 0.348. The number of thiophene rings is 1. The highest BCUT2D eigenvalue weighted by atomic mass is 32.1. The Hall–Kier alpha value is -3.33. The van der Waals surface area contributed by atoms with E-state index >= 15 is 0 Å². The van der Waals surface area contributed by atoms with Crippen LogP contribution < -0.4 is 9.47 Å². The molecule has 0 radical (unpaired) electrons. The average Bonchev–Trinajstić information content (AvgIpc) is 3.40. The first-order valence-electron chi connectivity index (χ1n) is 10.5. The summed E-state index contributed by atoms with van der Waals surface area (Å²) in [6.07, 6.45) is 0.631. The summed E-state index contributed by atoms with van der Waals surface area (Å²) in [5.74, 6) is 0.891. The first-order valence-corrected chi connectivity index (χ1v) is 11.4. The second-order valence-electron chi connectivity index (χ2n) is 8.05. The van der Waals surface area contributed by atoms with Gasteiger partial charge in [-0.2, -0.15) is 5.10 Å². The lowest BCUT2D eigenvalue weighted by Crippen LogP contribution is -2.37. The van der Waals surface area contributed by atoms with Gasteiger partial charge >= 0.3 is 0 Å². The van der Waals surface area contributed by atoms with Crippen LogP contribution in [0.2, 0.25) is 0 Å². The van der Waals surface area contributed by atoms with E-state index in [2.05, 4.69) is 5.10 Å². The molecule has 2 amide bonds. The van der Waals surface area contributed by atoms with Crippen molar-refractivity contribution in [3.8, 4) is 11.5 Å². The number of hydrogen-bond donors (Lipinski definition) is 0. The van der Waals surface area contributed by atoms with Crippen LogP contribution in [0.1, 0.15) is 37.0 Å². The van der Waals surface area contributed by atoms with Gasteiger partial charge in [-0.3, -0.25) is 14.3 Å². The average molecular weight is 453 g/mol. The van der Waals surface area contributed by atoms with Crippen LogP contribution >= 0.6 is 11.3 Å². The van der Waals surface area contributed by atoms with Gasteiger partial charge in [0.1, 0.15) is 18.1 Å². The maximum absolute atomic E-state index is 13.3. The minimum absolute atomic E-state index is 0.105. The van der Waals surface area contributed by atoms with Gasteiger partial charge in [0.15, 0.2) is 17.2 Å². The zero-order chi connectivity index (χ0) is 22.2. The molecule has 0 saturated carbocycles. The van der Waals surface area contributed by atoms with E-state index in [4.69, 9.17) is 9.47 Å². The minimum atomic E-state index is -0.160. The molecule has 2 aromatic heterocycles. The molecule has 2 aliphatic rings. The summed E-state index contributed by atoms with van der Waals surface area (Å²) < 4.78 is 13.2. The van der Waals surface area contributed by atoms with E-state index in [0.717, 1.165) is 16.8 Å². The van der Waals surface area contributed by atoms with E-state index in [1.807, 2.05) is 40.4 Å². The van der Waals surface area contributed by atoms with Gasteiger partial charge in [0.2, 0.25) is 0 Å². The maximum atomic E-state index is 13.3. The summed E-state index contributed by atoms with van der Waals surface area (Å²) in [6, 6.07) is 10.0. The van der Waals surface area contributed by atoms with E-state index in [0.29, 0.717) is 61.3 Å². The molecule has 0 N–H and O–H groups in total. The van der Waals surface area contributed by atoms with E-state index < -0.39 is 0 Å². The third-order valence-electron chi connectivity index (χ3n) is 5.70. The van der Waals surface area contributed by atoms with Gasteiger partial charge < -0.3 is 19.3 Å². The first kappa shape index (κ1) is 20.6. The molecule has 2 aliphatic heterocycles. The lowest BCUT2D eigenvalue weighted by molar-refractivity contribution is 0.0722. The number of ether oxygens (including phenoxy) is 2. The zero-order valence-electron chi connectivity index (χ0n) is 18.0. The Morgan fingerprint density at radius 3 is 2.72 bits per heavy atom. The summed E-state index contributed by atoms with van der Waals surface area (Å²) in [5.41, 5.74) is 3.35. The molecule has 3 aromatic rings. The summed E-state index contributed by atoms with van der Waals surface area (Å²) in [4.78, 5) is 30.1. The number of carbonyl (C=O) groups excluding carboxylic acids is 2. The quantitative estimate of drug-likeness (QED) is 0.608. The highest BCUT2D eigenvalue weighted by molar-refractivity contribution is 7.12. The second-order valence-corrected chi connectivity index (χ2v) is 8.93. The van der Waals surface area contributed by atoms with Crippen LogP contribution in [0.25, 0.3) is 0 Å².